The monoisotopic (exact) mass is 200 g/mol. The smallest absolute Gasteiger partial charge is 0.303 e. The quantitative estimate of drug-likeness (QED) is 0.541. The third-order valence-corrected chi connectivity index (χ3v) is 1.56. The molecule has 0 amide bonds. The zero-order valence-corrected chi connectivity index (χ0v) is 8.69. The van der Waals surface area contributed by atoms with E-state index in [1.165, 1.54) is 6.92 Å². The van der Waals surface area contributed by atoms with E-state index in [1.54, 1.807) is 26.0 Å². The molecule has 1 N–H and O–H groups in total. The molecule has 0 aliphatic carbocycles. The van der Waals surface area contributed by atoms with Crippen molar-refractivity contribution in [3.8, 4) is 0 Å². The van der Waals surface area contributed by atoms with Gasteiger partial charge in [0.05, 0.1) is 6.42 Å². The summed E-state index contributed by atoms with van der Waals surface area (Å²) < 4.78 is 4.83. The predicted octanol–water partition coefficient (Wildman–Crippen LogP) is 1.60. The van der Waals surface area contributed by atoms with Crippen molar-refractivity contribution < 1.29 is 19.4 Å². The van der Waals surface area contributed by atoms with Gasteiger partial charge in [-0.1, -0.05) is 13.0 Å². The van der Waals surface area contributed by atoms with Gasteiger partial charge in [0.25, 0.3) is 0 Å². The van der Waals surface area contributed by atoms with Crippen LogP contribution >= 0.6 is 0 Å². The fraction of sp³-hybridized carbons (Fsp3) is 0.600. The Morgan fingerprint density at radius 1 is 1.36 bits per heavy atom. The van der Waals surface area contributed by atoms with Crippen molar-refractivity contribution in [2.45, 2.75) is 33.3 Å². The van der Waals surface area contributed by atoms with Crippen molar-refractivity contribution in [3.05, 3.63) is 12.2 Å². The molecule has 0 aliphatic rings. The molecule has 0 bridgehead atoms. The number of esters is 1. The van der Waals surface area contributed by atoms with Gasteiger partial charge in [0.1, 0.15) is 6.10 Å². The maximum absolute atomic E-state index is 10.5. The molecule has 2 atom stereocenters. The second-order valence-corrected chi connectivity index (χ2v) is 3.27. The van der Waals surface area contributed by atoms with Crippen LogP contribution in [0.4, 0.5) is 0 Å². The van der Waals surface area contributed by atoms with Crippen molar-refractivity contribution in [3.63, 3.8) is 0 Å². The molecule has 0 aromatic carbocycles. The van der Waals surface area contributed by atoms with E-state index >= 15 is 0 Å². The summed E-state index contributed by atoms with van der Waals surface area (Å²) in [6, 6.07) is 0. The highest BCUT2D eigenvalue weighted by atomic mass is 16.5. The highest BCUT2D eigenvalue weighted by molar-refractivity contribution is 5.67. The van der Waals surface area contributed by atoms with Crippen molar-refractivity contribution in [2.24, 2.45) is 5.92 Å². The molecule has 0 aromatic heterocycles. The molecular formula is C10H16O4. The van der Waals surface area contributed by atoms with Crippen LogP contribution in [0.3, 0.4) is 0 Å². The van der Waals surface area contributed by atoms with E-state index in [4.69, 9.17) is 9.84 Å². The molecule has 14 heavy (non-hydrogen) atoms. The zero-order valence-electron chi connectivity index (χ0n) is 8.69. The van der Waals surface area contributed by atoms with Gasteiger partial charge >= 0.3 is 11.9 Å². The molecule has 4 nitrogen and oxygen atoms in total. The van der Waals surface area contributed by atoms with Crippen LogP contribution in [0.25, 0.3) is 0 Å². The molecule has 0 aliphatic heterocycles. The van der Waals surface area contributed by atoms with Gasteiger partial charge in [-0.3, -0.25) is 9.59 Å². The van der Waals surface area contributed by atoms with Crippen LogP contribution in [0.2, 0.25) is 0 Å². The normalized spacial score (nSPS) is 15.1. The molecule has 0 radical (unpaired) electrons. The summed E-state index contributed by atoms with van der Waals surface area (Å²) in [5.41, 5.74) is 0. The maximum Gasteiger partial charge on any atom is 0.303 e. The second kappa shape index (κ2) is 6.18. The average Bonchev–Trinajstić information content (AvgIpc) is 1.98. The van der Waals surface area contributed by atoms with E-state index in [0.29, 0.717) is 0 Å². The van der Waals surface area contributed by atoms with Gasteiger partial charge in [-0.15, -0.1) is 0 Å². The lowest BCUT2D eigenvalue weighted by atomic mass is 10.1. The van der Waals surface area contributed by atoms with Gasteiger partial charge in [0, 0.05) is 6.92 Å². The average molecular weight is 200 g/mol. The Morgan fingerprint density at radius 3 is 2.36 bits per heavy atom. The Kier molecular flexibility index (Phi) is 5.60. The van der Waals surface area contributed by atoms with Crippen molar-refractivity contribution >= 4 is 11.9 Å². The number of hydrogen-bond donors (Lipinski definition) is 1. The van der Waals surface area contributed by atoms with Crippen molar-refractivity contribution in [1.82, 2.24) is 0 Å². The number of carboxylic acids is 1. The predicted molar refractivity (Wildman–Crippen MR) is 51.8 cm³/mol. The molecule has 0 fully saturated rings. The van der Waals surface area contributed by atoms with E-state index in [2.05, 4.69) is 0 Å². The minimum Gasteiger partial charge on any atom is -0.481 e. The summed E-state index contributed by atoms with van der Waals surface area (Å²) in [4.78, 5) is 20.8. The van der Waals surface area contributed by atoms with E-state index in [0.717, 1.165) is 0 Å². The van der Waals surface area contributed by atoms with Gasteiger partial charge in [-0.25, -0.2) is 0 Å². The molecule has 0 saturated heterocycles. The Labute approximate surface area is 83.6 Å². The van der Waals surface area contributed by atoms with Gasteiger partial charge in [0.15, 0.2) is 0 Å². The first-order valence-corrected chi connectivity index (χ1v) is 4.49. The fourth-order valence-electron chi connectivity index (χ4n) is 0.991. The number of carbonyl (C=O) groups excluding carboxylic acids is 1. The van der Waals surface area contributed by atoms with E-state index < -0.39 is 5.97 Å². The topological polar surface area (TPSA) is 63.6 Å². The van der Waals surface area contributed by atoms with E-state index in [9.17, 15) is 9.59 Å². The molecule has 0 saturated carbocycles. The minimum absolute atomic E-state index is 0.0505. The third kappa shape index (κ3) is 7.34. The summed E-state index contributed by atoms with van der Waals surface area (Å²) in [5, 5.41) is 8.48. The molecule has 0 spiro atoms. The summed E-state index contributed by atoms with van der Waals surface area (Å²) >= 11 is 0. The maximum atomic E-state index is 10.5. The van der Waals surface area contributed by atoms with Crippen LogP contribution in [-0.2, 0) is 14.3 Å². The molecule has 80 valence electrons. The molecule has 0 rings (SSSR count). The van der Waals surface area contributed by atoms with Crippen LogP contribution in [0.5, 0.6) is 0 Å². The first kappa shape index (κ1) is 12.7. The lowest BCUT2D eigenvalue weighted by molar-refractivity contribution is -0.143. The van der Waals surface area contributed by atoms with Gasteiger partial charge in [0.2, 0.25) is 0 Å². The number of allylic oxidation sites excluding steroid dienone is 1. The first-order chi connectivity index (χ1) is 6.41. The number of carboxylic acid groups (broad SMARTS) is 1. The largest absolute Gasteiger partial charge is 0.481 e. The summed E-state index contributed by atoms with van der Waals surface area (Å²) in [5.74, 6) is -1.22. The fourth-order valence-corrected chi connectivity index (χ4v) is 0.991. The van der Waals surface area contributed by atoms with Crippen LogP contribution in [0, 0.1) is 5.92 Å². The van der Waals surface area contributed by atoms with Gasteiger partial charge < -0.3 is 9.84 Å². The van der Waals surface area contributed by atoms with Crippen LogP contribution in [0.15, 0.2) is 12.2 Å². The minimum atomic E-state index is -0.831. The van der Waals surface area contributed by atoms with E-state index in [1.807, 2.05) is 0 Å². The van der Waals surface area contributed by atoms with Crippen molar-refractivity contribution in [1.29, 1.82) is 0 Å². The molecule has 0 heterocycles. The highest BCUT2D eigenvalue weighted by Gasteiger charge is 2.05. The van der Waals surface area contributed by atoms with E-state index in [-0.39, 0.29) is 24.4 Å². The summed E-state index contributed by atoms with van der Waals surface area (Å²) in [6.45, 7) is 4.86. The van der Waals surface area contributed by atoms with Crippen LogP contribution < -0.4 is 0 Å². The number of rotatable bonds is 5. The standard InChI is InChI=1S/C10H16O4/c1-7(6-10(12)13)4-5-8(2)14-9(3)11/h4-5,7-8H,6H2,1-3H3,(H,12,13)/b5-4+. The zero-order chi connectivity index (χ0) is 11.1. The number of carbonyl (C=O) groups is 2. The highest BCUT2D eigenvalue weighted by Crippen LogP contribution is 2.05. The lowest BCUT2D eigenvalue weighted by Crippen LogP contribution is -2.10. The number of aliphatic carboxylic acids is 1. The summed E-state index contributed by atoms with van der Waals surface area (Å²) in [6.07, 6.45) is 3.21. The van der Waals surface area contributed by atoms with Gasteiger partial charge in [-0.05, 0) is 18.9 Å². The first-order valence-electron chi connectivity index (χ1n) is 4.49. The molecule has 2 unspecified atom stereocenters. The summed E-state index contributed by atoms with van der Waals surface area (Å²) in [7, 11) is 0. The Balaban J connectivity index is 3.90. The third-order valence-electron chi connectivity index (χ3n) is 1.56. The van der Waals surface area contributed by atoms with Gasteiger partial charge in [-0.2, -0.15) is 0 Å². The molecule has 0 aromatic rings. The lowest BCUT2D eigenvalue weighted by Gasteiger charge is -2.07. The Morgan fingerprint density at radius 2 is 1.93 bits per heavy atom. The molecular weight excluding hydrogens is 184 g/mol. The van der Waals surface area contributed by atoms with Crippen LogP contribution in [0.1, 0.15) is 27.2 Å². The SMILES string of the molecule is CC(=O)OC(C)/C=C/C(C)CC(=O)O. The Bertz CT molecular complexity index is 208. The van der Waals surface area contributed by atoms with Crippen molar-refractivity contribution in [2.75, 3.05) is 0 Å². The van der Waals surface area contributed by atoms with Crippen LogP contribution in [-0.4, -0.2) is 23.1 Å². The second-order valence-electron chi connectivity index (χ2n) is 3.27. The Hall–Kier alpha value is -1.32. The number of ether oxygens (including phenoxy) is 1. The molecule has 4 heteroatoms. The number of hydrogen-bond acceptors (Lipinski definition) is 3.